The Hall–Kier alpha value is -1.22. The topological polar surface area (TPSA) is 46.3 Å². The van der Waals surface area contributed by atoms with E-state index in [9.17, 15) is 4.79 Å². The van der Waals surface area contributed by atoms with Gasteiger partial charge in [0.2, 0.25) is 0 Å². The summed E-state index contributed by atoms with van der Waals surface area (Å²) >= 11 is 5.84. The molecule has 1 atom stereocenters. The zero-order valence-electron chi connectivity index (χ0n) is 9.95. The number of piperidine rings is 1. The fraction of sp³-hybridized carbons (Fsp3) is 0.462. The van der Waals surface area contributed by atoms with Crippen molar-refractivity contribution >= 4 is 23.2 Å². The number of nitrogens with zero attached hydrogens (tertiary/aromatic N) is 1. The predicted octanol–water partition coefficient (Wildman–Crippen LogP) is 2.79. The molecule has 0 spiro atoms. The Labute approximate surface area is 107 Å². The first-order valence-electron chi connectivity index (χ1n) is 5.92. The smallest absolute Gasteiger partial charge is 0.253 e. The summed E-state index contributed by atoms with van der Waals surface area (Å²) in [5.74, 6) is 0.636. The van der Waals surface area contributed by atoms with E-state index in [-0.39, 0.29) is 5.91 Å². The summed E-state index contributed by atoms with van der Waals surface area (Å²) in [6, 6.07) is 5.07. The molecule has 1 aliphatic rings. The van der Waals surface area contributed by atoms with Gasteiger partial charge in [-0.05, 0) is 37.0 Å². The molecule has 0 saturated carbocycles. The quantitative estimate of drug-likeness (QED) is 0.782. The Morgan fingerprint density at radius 2 is 2.29 bits per heavy atom. The number of halogens is 1. The highest BCUT2D eigenvalue weighted by Gasteiger charge is 2.22. The highest BCUT2D eigenvalue weighted by atomic mass is 35.5. The van der Waals surface area contributed by atoms with E-state index in [2.05, 4.69) is 6.92 Å². The van der Waals surface area contributed by atoms with Crippen LogP contribution < -0.4 is 5.73 Å². The van der Waals surface area contributed by atoms with Crippen LogP contribution in [0.1, 0.15) is 30.1 Å². The molecular weight excluding hydrogens is 236 g/mol. The Balaban J connectivity index is 2.15. The summed E-state index contributed by atoms with van der Waals surface area (Å²) in [4.78, 5) is 14.1. The third-order valence-electron chi connectivity index (χ3n) is 3.19. The number of carbonyl (C=O) groups is 1. The fourth-order valence-electron chi connectivity index (χ4n) is 2.23. The van der Waals surface area contributed by atoms with Gasteiger partial charge < -0.3 is 10.6 Å². The summed E-state index contributed by atoms with van der Waals surface area (Å²) in [6.45, 7) is 3.85. The van der Waals surface area contributed by atoms with Gasteiger partial charge in [-0.15, -0.1) is 0 Å². The molecule has 1 aliphatic heterocycles. The maximum absolute atomic E-state index is 12.2. The largest absolute Gasteiger partial charge is 0.398 e. The summed E-state index contributed by atoms with van der Waals surface area (Å²) in [6.07, 6.45) is 2.28. The standard InChI is InChI=1S/C13H17ClN2O/c1-9-3-2-6-16(8-9)13(17)10-4-5-11(14)12(15)7-10/h4-5,7,9H,2-3,6,8,15H2,1H3/t9-/m0/s1. The van der Waals surface area contributed by atoms with Crippen LogP contribution in [0.2, 0.25) is 5.02 Å². The molecule has 0 bridgehead atoms. The minimum atomic E-state index is 0.0555. The summed E-state index contributed by atoms with van der Waals surface area (Å²) in [5, 5.41) is 0.494. The lowest BCUT2D eigenvalue weighted by Gasteiger charge is -2.31. The van der Waals surface area contributed by atoms with Gasteiger partial charge in [-0.2, -0.15) is 0 Å². The molecule has 4 heteroatoms. The highest BCUT2D eigenvalue weighted by molar-refractivity contribution is 6.33. The minimum absolute atomic E-state index is 0.0555. The molecule has 1 aromatic rings. The number of nitrogen functional groups attached to an aromatic ring is 1. The van der Waals surface area contributed by atoms with Crippen molar-refractivity contribution in [3.05, 3.63) is 28.8 Å². The average molecular weight is 253 g/mol. The van der Waals surface area contributed by atoms with Crippen molar-refractivity contribution in [3.63, 3.8) is 0 Å². The third kappa shape index (κ3) is 2.72. The molecule has 1 heterocycles. The van der Waals surface area contributed by atoms with Crippen LogP contribution in [-0.4, -0.2) is 23.9 Å². The van der Waals surface area contributed by atoms with Crippen LogP contribution in [0.3, 0.4) is 0 Å². The predicted molar refractivity (Wildman–Crippen MR) is 70.2 cm³/mol. The van der Waals surface area contributed by atoms with Gasteiger partial charge in [-0.25, -0.2) is 0 Å². The van der Waals surface area contributed by atoms with E-state index in [1.54, 1.807) is 18.2 Å². The first-order chi connectivity index (χ1) is 8.08. The van der Waals surface area contributed by atoms with Crippen LogP contribution in [0, 0.1) is 5.92 Å². The van der Waals surface area contributed by atoms with Crippen molar-refractivity contribution in [2.45, 2.75) is 19.8 Å². The number of amides is 1. The van der Waals surface area contributed by atoms with Crippen LogP contribution in [0.4, 0.5) is 5.69 Å². The molecule has 3 nitrogen and oxygen atoms in total. The molecule has 0 aliphatic carbocycles. The molecule has 2 N–H and O–H groups in total. The van der Waals surface area contributed by atoms with E-state index >= 15 is 0 Å². The maximum Gasteiger partial charge on any atom is 0.253 e. The monoisotopic (exact) mass is 252 g/mol. The fourth-order valence-corrected chi connectivity index (χ4v) is 2.35. The summed E-state index contributed by atoms with van der Waals surface area (Å²) in [5.41, 5.74) is 6.80. The van der Waals surface area contributed by atoms with E-state index in [1.165, 1.54) is 6.42 Å². The van der Waals surface area contributed by atoms with Crippen molar-refractivity contribution in [2.75, 3.05) is 18.8 Å². The second-order valence-electron chi connectivity index (χ2n) is 4.73. The lowest BCUT2D eigenvalue weighted by molar-refractivity contribution is 0.0683. The van der Waals surface area contributed by atoms with Gasteiger partial charge in [0.05, 0.1) is 10.7 Å². The second-order valence-corrected chi connectivity index (χ2v) is 5.14. The van der Waals surface area contributed by atoms with Crippen LogP contribution in [0.15, 0.2) is 18.2 Å². The number of nitrogens with two attached hydrogens (primary N) is 1. The Morgan fingerprint density at radius 3 is 2.94 bits per heavy atom. The lowest BCUT2D eigenvalue weighted by Crippen LogP contribution is -2.39. The van der Waals surface area contributed by atoms with Gasteiger partial charge in [0.15, 0.2) is 0 Å². The van der Waals surface area contributed by atoms with Crippen LogP contribution in [-0.2, 0) is 0 Å². The molecular formula is C13H17ClN2O. The van der Waals surface area contributed by atoms with Gasteiger partial charge in [-0.1, -0.05) is 18.5 Å². The number of carbonyl (C=O) groups excluding carboxylic acids is 1. The molecule has 0 radical (unpaired) electrons. The molecule has 1 aromatic carbocycles. The number of hydrogen-bond acceptors (Lipinski definition) is 2. The molecule has 1 saturated heterocycles. The molecule has 0 aromatic heterocycles. The van der Waals surface area contributed by atoms with Crippen LogP contribution >= 0.6 is 11.6 Å². The van der Waals surface area contributed by atoms with Crippen molar-refractivity contribution in [2.24, 2.45) is 5.92 Å². The average Bonchev–Trinajstić information content (AvgIpc) is 2.32. The van der Waals surface area contributed by atoms with Crippen LogP contribution in [0.25, 0.3) is 0 Å². The number of anilines is 1. The molecule has 17 heavy (non-hydrogen) atoms. The zero-order valence-corrected chi connectivity index (χ0v) is 10.7. The normalized spacial score (nSPS) is 20.4. The van der Waals surface area contributed by atoms with E-state index in [0.29, 0.717) is 22.2 Å². The van der Waals surface area contributed by atoms with E-state index in [0.717, 1.165) is 19.5 Å². The number of rotatable bonds is 1. The Bertz CT molecular complexity index is 433. The Kier molecular flexibility index (Phi) is 3.57. The SMILES string of the molecule is C[C@H]1CCCN(C(=O)c2ccc(Cl)c(N)c2)C1. The second kappa shape index (κ2) is 4.96. The van der Waals surface area contributed by atoms with Gasteiger partial charge in [0.25, 0.3) is 5.91 Å². The van der Waals surface area contributed by atoms with Gasteiger partial charge >= 0.3 is 0 Å². The first-order valence-corrected chi connectivity index (χ1v) is 6.30. The molecule has 1 amide bonds. The number of likely N-dealkylation sites (tertiary alicyclic amines) is 1. The van der Waals surface area contributed by atoms with Gasteiger partial charge in [0, 0.05) is 18.7 Å². The molecule has 1 fully saturated rings. The summed E-state index contributed by atoms with van der Waals surface area (Å²) in [7, 11) is 0. The van der Waals surface area contributed by atoms with E-state index in [1.807, 2.05) is 4.90 Å². The van der Waals surface area contributed by atoms with Crippen molar-refractivity contribution in [3.8, 4) is 0 Å². The lowest BCUT2D eigenvalue weighted by atomic mass is 9.99. The molecule has 92 valence electrons. The first kappa shape index (κ1) is 12.2. The third-order valence-corrected chi connectivity index (χ3v) is 3.53. The van der Waals surface area contributed by atoms with Gasteiger partial charge in [-0.3, -0.25) is 4.79 Å². The molecule has 0 unspecified atom stereocenters. The van der Waals surface area contributed by atoms with E-state index in [4.69, 9.17) is 17.3 Å². The number of hydrogen-bond donors (Lipinski definition) is 1. The van der Waals surface area contributed by atoms with Crippen LogP contribution in [0.5, 0.6) is 0 Å². The van der Waals surface area contributed by atoms with Crippen molar-refractivity contribution in [1.29, 1.82) is 0 Å². The maximum atomic E-state index is 12.2. The highest BCUT2D eigenvalue weighted by Crippen LogP contribution is 2.22. The van der Waals surface area contributed by atoms with Crippen molar-refractivity contribution in [1.82, 2.24) is 4.90 Å². The van der Waals surface area contributed by atoms with Gasteiger partial charge in [0.1, 0.15) is 0 Å². The number of benzene rings is 1. The van der Waals surface area contributed by atoms with Crippen molar-refractivity contribution < 1.29 is 4.79 Å². The van der Waals surface area contributed by atoms with E-state index < -0.39 is 0 Å². The summed E-state index contributed by atoms with van der Waals surface area (Å²) < 4.78 is 0. The molecule has 2 rings (SSSR count). The minimum Gasteiger partial charge on any atom is -0.398 e. The Morgan fingerprint density at radius 1 is 1.53 bits per heavy atom. The zero-order chi connectivity index (χ0) is 12.4.